The molecule has 0 radical (unpaired) electrons. The van der Waals surface area contributed by atoms with Crippen molar-refractivity contribution in [3.8, 4) is 0 Å². The van der Waals surface area contributed by atoms with Crippen molar-refractivity contribution in [1.82, 2.24) is 0 Å². The molecule has 17 heavy (non-hydrogen) atoms. The van der Waals surface area contributed by atoms with Gasteiger partial charge in [0.2, 0.25) is 10.0 Å². The first-order chi connectivity index (χ1) is 7.93. The van der Waals surface area contributed by atoms with Crippen LogP contribution in [0.5, 0.6) is 0 Å². The van der Waals surface area contributed by atoms with E-state index in [0.29, 0.717) is 17.4 Å². The van der Waals surface area contributed by atoms with E-state index in [1.165, 1.54) is 6.07 Å². The van der Waals surface area contributed by atoms with Crippen LogP contribution in [0.25, 0.3) is 0 Å². The number of sulfonamides is 1. The van der Waals surface area contributed by atoms with Crippen LogP contribution >= 0.6 is 0 Å². The summed E-state index contributed by atoms with van der Waals surface area (Å²) in [4.78, 5) is 2.19. The maximum atomic E-state index is 11.6. The van der Waals surface area contributed by atoms with Crippen LogP contribution in [0.3, 0.4) is 0 Å². The molecule has 1 aromatic rings. The third-order valence-corrected chi connectivity index (χ3v) is 3.87. The molecule has 0 amide bonds. The Bertz CT molecular complexity index is 524. The molecule has 0 atom stereocenters. The number of nitrogens with zero attached hydrogens (tertiary/aromatic N) is 1. The molecule has 0 unspecified atom stereocenters. The SMILES string of the molecule is CCN(c1ccc(N)cc1S(N)(=O)=O)C1CC1. The van der Waals surface area contributed by atoms with Crippen LogP contribution in [0.4, 0.5) is 11.4 Å². The molecule has 0 heterocycles. The Hall–Kier alpha value is -1.27. The van der Waals surface area contributed by atoms with Crippen molar-refractivity contribution in [3.63, 3.8) is 0 Å². The number of nitrogens with two attached hydrogens (primary N) is 2. The minimum Gasteiger partial charge on any atom is -0.399 e. The first-order valence-corrected chi connectivity index (χ1v) is 7.17. The van der Waals surface area contributed by atoms with Gasteiger partial charge in [-0.05, 0) is 38.0 Å². The first kappa shape index (κ1) is 12.2. The van der Waals surface area contributed by atoms with Crippen LogP contribution in [-0.2, 0) is 10.0 Å². The molecule has 0 aliphatic heterocycles. The van der Waals surface area contributed by atoms with Crippen molar-refractivity contribution in [1.29, 1.82) is 0 Å². The maximum Gasteiger partial charge on any atom is 0.240 e. The van der Waals surface area contributed by atoms with Crippen molar-refractivity contribution in [2.45, 2.75) is 30.7 Å². The quantitative estimate of drug-likeness (QED) is 0.782. The second kappa shape index (κ2) is 4.19. The lowest BCUT2D eigenvalue weighted by atomic mass is 10.2. The van der Waals surface area contributed by atoms with Gasteiger partial charge in [-0.1, -0.05) is 0 Å². The summed E-state index contributed by atoms with van der Waals surface area (Å²) in [5, 5.41) is 5.23. The Labute approximate surface area is 101 Å². The fourth-order valence-electron chi connectivity index (χ4n) is 2.01. The number of anilines is 2. The van der Waals surface area contributed by atoms with Gasteiger partial charge in [0.15, 0.2) is 0 Å². The minimum absolute atomic E-state index is 0.117. The third-order valence-electron chi connectivity index (χ3n) is 2.93. The summed E-state index contributed by atoms with van der Waals surface area (Å²) in [6.07, 6.45) is 2.20. The standard InChI is InChI=1S/C11H17N3O2S/c1-2-14(9-4-5-9)10-6-3-8(12)7-11(10)17(13,15)16/h3,6-7,9H,2,4-5,12H2,1H3,(H2,13,15,16). The molecule has 1 aliphatic carbocycles. The second-order valence-corrected chi connectivity index (χ2v) is 5.82. The van der Waals surface area contributed by atoms with Crippen LogP contribution in [0.15, 0.2) is 23.1 Å². The summed E-state index contributed by atoms with van der Waals surface area (Å²) in [6, 6.07) is 5.30. The van der Waals surface area contributed by atoms with Gasteiger partial charge in [-0.15, -0.1) is 0 Å². The van der Waals surface area contributed by atoms with Crippen LogP contribution in [0, 0.1) is 0 Å². The largest absolute Gasteiger partial charge is 0.399 e. The molecule has 94 valence electrons. The zero-order valence-electron chi connectivity index (χ0n) is 9.76. The van der Waals surface area contributed by atoms with E-state index in [2.05, 4.69) is 4.90 Å². The summed E-state index contributed by atoms with van der Waals surface area (Å²) in [6.45, 7) is 2.76. The van der Waals surface area contributed by atoms with Crippen LogP contribution in [0.2, 0.25) is 0 Å². The van der Waals surface area contributed by atoms with Gasteiger partial charge in [-0.25, -0.2) is 13.6 Å². The Morgan fingerprint density at radius 3 is 2.53 bits per heavy atom. The van der Waals surface area contributed by atoms with E-state index in [1.54, 1.807) is 12.1 Å². The highest BCUT2D eigenvalue weighted by Gasteiger charge is 2.31. The van der Waals surface area contributed by atoms with Crippen molar-refractivity contribution < 1.29 is 8.42 Å². The van der Waals surface area contributed by atoms with E-state index in [4.69, 9.17) is 10.9 Å². The Morgan fingerprint density at radius 2 is 2.06 bits per heavy atom. The van der Waals surface area contributed by atoms with Gasteiger partial charge in [0.25, 0.3) is 0 Å². The summed E-state index contributed by atoms with van der Waals surface area (Å²) in [5.74, 6) is 0. The summed E-state index contributed by atoms with van der Waals surface area (Å²) >= 11 is 0. The number of benzene rings is 1. The highest BCUT2D eigenvalue weighted by atomic mass is 32.2. The van der Waals surface area contributed by atoms with Gasteiger partial charge in [0, 0.05) is 18.3 Å². The van der Waals surface area contributed by atoms with Gasteiger partial charge in [-0.2, -0.15) is 0 Å². The lowest BCUT2D eigenvalue weighted by Crippen LogP contribution is -2.28. The highest BCUT2D eigenvalue weighted by Crippen LogP contribution is 2.35. The number of primary sulfonamides is 1. The van der Waals surface area contributed by atoms with Crippen LogP contribution in [-0.4, -0.2) is 21.0 Å². The summed E-state index contributed by atoms with van der Waals surface area (Å²) in [5.41, 5.74) is 6.69. The maximum absolute atomic E-state index is 11.6. The van der Waals surface area contributed by atoms with E-state index in [9.17, 15) is 8.42 Å². The first-order valence-electron chi connectivity index (χ1n) is 5.62. The number of hydrogen-bond donors (Lipinski definition) is 2. The normalized spacial score (nSPS) is 15.9. The zero-order chi connectivity index (χ0) is 12.6. The van der Waals surface area contributed by atoms with Crippen molar-refractivity contribution in [2.24, 2.45) is 5.14 Å². The van der Waals surface area contributed by atoms with Crippen molar-refractivity contribution in [3.05, 3.63) is 18.2 Å². The van der Waals surface area contributed by atoms with E-state index >= 15 is 0 Å². The molecule has 1 saturated carbocycles. The fourth-order valence-corrected chi connectivity index (χ4v) is 2.78. The van der Waals surface area contributed by atoms with E-state index in [-0.39, 0.29) is 4.90 Å². The van der Waals surface area contributed by atoms with Crippen LogP contribution < -0.4 is 15.8 Å². The monoisotopic (exact) mass is 255 g/mol. The van der Waals surface area contributed by atoms with Crippen molar-refractivity contribution >= 4 is 21.4 Å². The lowest BCUT2D eigenvalue weighted by Gasteiger charge is -2.25. The van der Waals surface area contributed by atoms with E-state index in [0.717, 1.165) is 19.4 Å². The van der Waals surface area contributed by atoms with Crippen molar-refractivity contribution in [2.75, 3.05) is 17.2 Å². The molecule has 4 N–H and O–H groups in total. The summed E-state index contributed by atoms with van der Waals surface area (Å²) < 4.78 is 23.1. The average Bonchev–Trinajstić information content (AvgIpc) is 3.04. The molecule has 6 heteroatoms. The summed E-state index contributed by atoms with van der Waals surface area (Å²) in [7, 11) is -3.74. The molecule has 1 aromatic carbocycles. The number of nitrogen functional groups attached to an aromatic ring is 1. The zero-order valence-corrected chi connectivity index (χ0v) is 10.6. The molecule has 1 fully saturated rings. The molecule has 0 bridgehead atoms. The van der Waals surface area contributed by atoms with Gasteiger partial charge in [0.1, 0.15) is 4.90 Å². The highest BCUT2D eigenvalue weighted by molar-refractivity contribution is 7.89. The molecule has 0 spiro atoms. The molecule has 5 nitrogen and oxygen atoms in total. The van der Waals surface area contributed by atoms with Gasteiger partial charge in [-0.3, -0.25) is 0 Å². The topological polar surface area (TPSA) is 89.4 Å². The van der Waals surface area contributed by atoms with E-state index in [1.807, 2.05) is 6.92 Å². The predicted molar refractivity (Wildman–Crippen MR) is 68.3 cm³/mol. The Kier molecular flexibility index (Phi) is 3.01. The Morgan fingerprint density at radius 1 is 1.41 bits per heavy atom. The molecule has 1 aliphatic rings. The van der Waals surface area contributed by atoms with Gasteiger partial charge in [0.05, 0.1) is 5.69 Å². The number of rotatable bonds is 4. The average molecular weight is 255 g/mol. The van der Waals surface area contributed by atoms with Gasteiger partial charge < -0.3 is 10.6 Å². The smallest absolute Gasteiger partial charge is 0.240 e. The molecule has 0 aromatic heterocycles. The third kappa shape index (κ3) is 2.53. The Balaban J connectivity index is 2.52. The lowest BCUT2D eigenvalue weighted by molar-refractivity contribution is 0.597. The van der Waals surface area contributed by atoms with Crippen LogP contribution in [0.1, 0.15) is 19.8 Å². The molecule has 2 rings (SSSR count). The molecular weight excluding hydrogens is 238 g/mol. The van der Waals surface area contributed by atoms with Gasteiger partial charge >= 0.3 is 0 Å². The molecular formula is C11H17N3O2S. The second-order valence-electron chi connectivity index (χ2n) is 4.29. The minimum atomic E-state index is -3.74. The molecule has 0 saturated heterocycles. The van der Waals surface area contributed by atoms with E-state index < -0.39 is 10.0 Å². The fraction of sp³-hybridized carbons (Fsp3) is 0.455. The predicted octanol–water partition coefficient (Wildman–Crippen LogP) is 0.905. The number of hydrogen-bond acceptors (Lipinski definition) is 4.